The Balaban J connectivity index is 0.972. The molecule has 1 N–H and O–H groups in total. The summed E-state index contributed by atoms with van der Waals surface area (Å²) in [5, 5.41) is 6.15. The first-order chi connectivity index (χ1) is 32.2. The van der Waals surface area contributed by atoms with Crippen LogP contribution in [0.25, 0.3) is 55.3 Å². The minimum Gasteiger partial charge on any atom is -0.344 e. The number of aliphatic imine (C=N–C) groups is 2. The zero-order chi connectivity index (χ0) is 43.2. The molecule has 10 aromatic carbocycles. The average Bonchev–Trinajstić information content (AvgIpc) is 3.71. The standard InChI is InChI=1S/C62H43N3/c1-6-19-44(20-7-1)55-40-49-25-16-17-32-53(49)58-57(55)54-38-37-48(41-56(54)62(58,51-28-12-4-13-29-51)52-30-14-5-15-31-52)43-35-33-42(34-36-43)47-26-18-27-50(39-47)61-64-59(45-21-8-2-9-22-45)63-60(65-61)46-23-10-3-11-24-46/h1-41,61H,(H,63,64,65). The van der Waals surface area contributed by atoms with Gasteiger partial charge in [-0.3, -0.25) is 0 Å². The van der Waals surface area contributed by atoms with Crippen LogP contribution in [-0.2, 0) is 5.41 Å². The summed E-state index contributed by atoms with van der Waals surface area (Å²) < 4.78 is 0. The highest BCUT2D eigenvalue weighted by atomic mass is 15.2. The molecule has 0 saturated carbocycles. The number of hydrogen-bond acceptors (Lipinski definition) is 3. The third kappa shape index (κ3) is 6.60. The summed E-state index contributed by atoms with van der Waals surface area (Å²) in [6.45, 7) is 0. The highest BCUT2D eigenvalue weighted by molar-refractivity contribution is 6.13. The van der Waals surface area contributed by atoms with Gasteiger partial charge in [0, 0.05) is 11.1 Å². The van der Waals surface area contributed by atoms with E-state index in [-0.39, 0.29) is 6.17 Å². The van der Waals surface area contributed by atoms with Crippen molar-refractivity contribution in [2.45, 2.75) is 11.6 Å². The predicted molar refractivity (Wildman–Crippen MR) is 269 cm³/mol. The highest BCUT2D eigenvalue weighted by Crippen LogP contribution is 2.61. The number of rotatable bonds is 8. The molecule has 10 aromatic rings. The van der Waals surface area contributed by atoms with Gasteiger partial charge in [0.2, 0.25) is 0 Å². The van der Waals surface area contributed by atoms with E-state index < -0.39 is 5.41 Å². The van der Waals surface area contributed by atoms with Gasteiger partial charge in [-0.25, -0.2) is 9.98 Å². The van der Waals surface area contributed by atoms with Crippen LogP contribution in [-0.4, -0.2) is 11.7 Å². The molecule has 0 fully saturated rings. The van der Waals surface area contributed by atoms with Crippen LogP contribution >= 0.6 is 0 Å². The molecule has 0 saturated heterocycles. The summed E-state index contributed by atoms with van der Waals surface area (Å²) >= 11 is 0. The molecule has 1 heterocycles. The Kier molecular flexibility index (Phi) is 9.46. The quantitative estimate of drug-likeness (QED) is 0.163. The molecule has 3 heteroatoms. The van der Waals surface area contributed by atoms with E-state index in [9.17, 15) is 0 Å². The topological polar surface area (TPSA) is 36.8 Å². The van der Waals surface area contributed by atoms with E-state index in [0.717, 1.165) is 33.7 Å². The fourth-order valence-electron chi connectivity index (χ4n) is 10.2. The van der Waals surface area contributed by atoms with Crippen molar-refractivity contribution in [3.8, 4) is 44.5 Å². The summed E-state index contributed by atoms with van der Waals surface area (Å²) in [5.41, 5.74) is 17.3. The van der Waals surface area contributed by atoms with Gasteiger partial charge in [0.15, 0.2) is 5.84 Å². The van der Waals surface area contributed by atoms with Gasteiger partial charge in [-0.2, -0.15) is 0 Å². The second-order valence-electron chi connectivity index (χ2n) is 16.9. The monoisotopic (exact) mass is 829 g/mol. The Morgan fingerprint density at radius 2 is 0.908 bits per heavy atom. The minimum absolute atomic E-state index is 0.304. The van der Waals surface area contributed by atoms with E-state index in [4.69, 9.17) is 9.98 Å². The number of fused-ring (bicyclic) bond motifs is 5. The molecular weight excluding hydrogens is 787 g/mol. The normalized spacial score (nSPS) is 14.7. The van der Waals surface area contributed by atoms with Crippen molar-refractivity contribution in [1.82, 2.24) is 5.32 Å². The molecular formula is C62H43N3. The van der Waals surface area contributed by atoms with Crippen molar-refractivity contribution in [2.75, 3.05) is 0 Å². The zero-order valence-corrected chi connectivity index (χ0v) is 35.6. The Morgan fingerprint density at radius 3 is 1.55 bits per heavy atom. The molecule has 2 aliphatic rings. The fraction of sp³-hybridized carbons (Fsp3) is 0.0323. The molecule has 3 nitrogen and oxygen atoms in total. The van der Waals surface area contributed by atoms with Crippen LogP contribution < -0.4 is 5.32 Å². The first-order valence-corrected chi connectivity index (χ1v) is 22.3. The lowest BCUT2D eigenvalue weighted by Gasteiger charge is -2.35. The molecule has 1 aliphatic heterocycles. The predicted octanol–water partition coefficient (Wildman–Crippen LogP) is 14.7. The van der Waals surface area contributed by atoms with Crippen LogP contribution in [0.1, 0.15) is 45.1 Å². The van der Waals surface area contributed by atoms with Gasteiger partial charge in [0.05, 0.1) is 5.41 Å². The third-order valence-electron chi connectivity index (χ3n) is 13.2. The van der Waals surface area contributed by atoms with E-state index in [1.54, 1.807) is 0 Å². The Morgan fingerprint density at radius 1 is 0.385 bits per heavy atom. The molecule has 1 unspecified atom stereocenters. The average molecular weight is 830 g/mol. The largest absolute Gasteiger partial charge is 0.344 e. The van der Waals surface area contributed by atoms with E-state index in [0.29, 0.717) is 5.84 Å². The lowest BCUT2D eigenvalue weighted by atomic mass is 9.66. The summed E-state index contributed by atoms with van der Waals surface area (Å²) in [5.74, 6) is 1.53. The molecule has 0 amide bonds. The van der Waals surface area contributed by atoms with Gasteiger partial charge in [-0.1, -0.05) is 231 Å². The smallest absolute Gasteiger partial charge is 0.159 e. The molecule has 0 spiro atoms. The van der Waals surface area contributed by atoms with Gasteiger partial charge < -0.3 is 5.32 Å². The van der Waals surface area contributed by atoms with Crippen molar-refractivity contribution >= 4 is 22.4 Å². The second-order valence-corrected chi connectivity index (χ2v) is 16.9. The minimum atomic E-state index is -0.574. The molecule has 12 rings (SSSR count). The molecule has 1 atom stereocenters. The van der Waals surface area contributed by atoms with Crippen LogP contribution in [0.2, 0.25) is 0 Å². The van der Waals surface area contributed by atoms with Crippen molar-refractivity contribution < 1.29 is 0 Å². The van der Waals surface area contributed by atoms with Crippen LogP contribution in [0.15, 0.2) is 259 Å². The van der Waals surface area contributed by atoms with Gasteiger partial charge in [-0.15, -0.1) is 0 Å². The first-order valence-electron chi connectivity index (χ1n) is 22.3. The van der Waals surface area contributed by atoms with Crippen molar-refractivity contribution in [1.29, 1.82) is 0 Å². The summed E-state index contributed by atoms with van der Waals surface area (Å²) in [6, 6.07) is 89.9. The van der Waals surface area contributed by atoms with E-state index >= 15 is 0 Å². The van der Waals surface area contributed by atoms with Gasteiger partial charge >= 0.3 is 0 Å². The maximum atomic E-state index is 5.14. The first kappa shape index (κ1) is 38.3. The van der Waals surface area contributed by atoms with Crippen LogP contribution in [0, 0.1) is 0 Å². The molecule has 306 valence electrons. The number of benzene rings is 10. The number of hydrogen-bond donors (Lipinski definition) is 1. The Bertz CT molecular complexity index is 3380. The Labute approximate surface area is 379 Å². The van der Waals surface area contributed by atoms with Gasteiger partial charge in [-0.05, 0) is 101 Å². The van der Waals surface area contributed by atoms with E-state index in [1.807, 2.05) is 36.4 Å². The lowest BCUT2D eigenvalue weighted by Crippen LogP contribution is -2.33. The zero-order valence-electron chi connectivity index (χ0n) is 35.6. The third-order valence-corrected chi connectivity index (χ3v) is 13.2. The van der Waals surface area contributed by atoms with Crippen molar-refractivity contribution in [2.24, 2.45) is 9.98 Å². The maximum absolute atomic E-state index is 5.14. The second kappa shape index (κ2) is 16.1. The van der Waals surface area contributed by atoms with Gasteiger partial charge in [0.1, 0.15) is 12.0 Å². The SMILES string of the molecule is c1ccc(C2=NC(c3cccc(-c4ccc(-c5ccc6c(c5)C(c5ccccc5)(c5ccccc5)c5c-6c(-c6ccccc6)cc6ccccc56)cc4)c3)NC(c3ccccc3)=N2)cc1. The lowest BCUT2D eigenvalue weighted by molar-refractivity contribution is 0.674. The van der Waals surface area contributed by atoms with Crippen LogP contribution in [0.3, 0.4) is 0 Å². The van der Waals surface area contributed by atoms with Crippen LogP contribution in [0.5, 0.6) is 0 Å². The van der Waals surface area contributed by atoms with Gasteiger partial charge in [0.25, 0.3) is 0 Å². The summed E-state index contributed by atoms with van der Waals surface area (Å²) in [6.07, 6.45) is -0.304. The summed E-state index contributed by atoms with van der Waals surface area (Å²) in [7, 11) is 0. The summed E-state index contributed by atoms with van der Waals surface area (Å²) in [4.78, 5) is 10.1. The molecule has 0 bridgehead atoms. The van der Waals surface area contributed by atoms with E-state index in [1.165, 1.54) is 66.4 Å². The molecule has 1 aliphatic carbocycles. The molecule has 0 aromatic heterocycles. The van der Waals surface area contributed by atoms with Crippen molar-refractivity contribution in [3.63, 3.8) is 0 Å². The highest BCUT2D eigenvalue weighted by Gasteiger charge is 2.48. The molecule has 65 heavy (non-hydrogen) atoms. The van der Waals surface area contributed by atoms with Crippen molar-refractivity contribution in [3.05, 3.63) is 288 Å². The molecule has 0 radical (unpaired) electrons. The number of nitrogens with one attached hydrogen (secondary N) is 1. The number of amidine groups is 2. The van der Waals surface area contributed by atoms with E-state index in [2.05, 4.69) is 218 Å². The Hall–Kier alpha value is -8.40. The fourth-order valence-corrected chi connectivity index (χ4v) is 10.2. The number of nitrogens with zero attached hydrogens (tertiary/aromatic N) is 2. The maximum Gasteiger partial charge on any atom is 0.159 e. The van der Waals surface area contributed by atoms with Crippen LogP contribution in [0.4, 0.5) is 0 Å².